The summed E-state index contributed by atoms with van der Waals surface area (Å²) in [7, 11) is 1.70. The van der Waals surface area contributed by atoms with E-state index < -0.39 is 5.91 Å². The number of aliphatic imine (C=N–C) groups is 1. The van der Waals surface area contributed by atoms with E-state index in [-0.39, 0.29) is 29.8 Å². The van der Waals surface area contributed by atoms with Gasteiger partial charge < -0.3 is 21.4 Å². The van der Waals surface area contributed by atoms with Crippen LogP contribution in [0.25, 0.3) is 10.9 Å². The molecule has 1 heterocycles. The van der Waals surface area contributed by atoms with Crippen molar-refractivity contribution in [3.63, 3.8) is 0 Å². The van der Waals surface area contributed by atoms with E-state index in [0.29, 0.717) is 24.6 Å². The van der Waals surface area contributed by atoms with E-state index in [1.165, 1.54) is 12.1 Å². The summed E-state index contributed by atoms with van der Waals surface area (Å²) in [5.41, 5.74) is 8.63. The number of guanidine groups is 1. The summed E-state index contributed by atoms with van der Waals surface area (Å²) < 4.78 is 13.3. The number of hydrogen-bond acceptors (Lipinski definition) is 2. The molecule has 0 fully saturated rings. The van der Waals surface area contributed by atoms with Crippen molar-refractivity contribution in [2.75, 3.05) is 13.6 Å². The Hall–Kier alpha value is -2.62. The summed E-state index contributed by atoms with van der Waals surface area (Å²) in [6.07, 6.45) is 2.67. The van der Waals surface area contributed by atoms with Crippen LogP contribution in [0.4, 0.5) is 4.39 Å². The van der Waals surface area contributed by atoms with Crippen molar-refractivity contribution in [1.82, 2.24) is 15.6 Å². The van der Waals surface area contributed by atoms with Gasteiger partial charge in [0.2, 0.25) is 5.91 Å². The first-order valence-electron chi connectivity index (χ1n) is 8.65. The van der Waals surface area contributed by atoms with E-state index in [4.69, 9.17) is 5.73 Å². The molecule has 1 aromatic heterocycles. The third-order valence-corrected chi connectivity index (χ3v) is 4.31. The molecule has 0 aliphatic carbocycles. The number of aromatic nitrogens is 1. The SMILES string of the molecule is CN=C(NCCc1c[nH]c2cc(F)ccc12)NCc1cccc(C(N)=O)c1.I. The van der Waals surface area contributed by atoms with Crippen LogP contribution in [0.15, 0.2) is 53.7 Å². The van der Waals surface area contributed by atoms with Crippen LogP contribution in [0, 0.1) is 5.82 Å². The van der Waals surface area contributed by atoms with E-state index >= 15 is 0 Å². The van der Waals surface area contributed by atoms with Gasteiger partial charge in [0.05, 0.1) is 0 Å². The number of carbonyl (C=O) groups excluding carboxylic acids is 1. The lowest BCUT2D eigenvalue weighted by atomic mass is 10.1. The Morgan fingerprint density at radius 2 is 2.04 bits per heavy atom. The van der Waals surface area contributed by atoms with Gasteiger partial charge in [0.25, 0.3) is 0 Å². The molecule has 28 heavy (non-hydrogen) atoms. The highest BCUT2D eigenvalue weighted by molar-refractivity contribution is 14.0. The van der Waals surface area contributed by atoms with Gasteiger partial charge in [0, 0.05) is 42.8 Å². The molecule has 2 aromatic carbocycles. The van der Waals surface area contributed by atoms with Gasteiger partial charge >= 0.3 is 0 Å². The molecule has 3 aromatic rings. The van der Waals surface area contributed by atoms with Crippen LogP contribution in [-0.4, -0.2) is 30.4 Å². The quantitative estimate of drug-likeness (QED) is 0.241. The van der Waals surface area contributed by atoms with E-state index in [1.54, 1.807) is 31.3 Å². The number of hydrogen-bond donors (Lipinski definition) is 4. The minimum atomic E-state index is -0.446. The van der Waals surface area contributed by atoms with E-state index in [9.17, 15) is 9.18 Å². The number of nitrogens with two attached hydrogens (primary N) is 1. The number of benzene rings is 2. The molecule has 1 amide bonds. The molecular weight excluding hydrogens is 472 g/mol. The number of carbonyl (C=O) groups is 1. The van der Waals surface area contributed by atoms with E-state index in [0.717, 1.165) is 28.5 Å². The third-order valence-electron chi connectivity index (χ3n) is 4.31. The van der Waals surface area contributed by atoms with Crippen molar-refractivity contribution in [3.05, 3.63) is 71.2 Å². The Balaban J connectivity index is 0.00000280. The molecular formula is C20H23FIN5O. The van der Waals surface area contributed by atoms with Crippen LogP contribution in [0.3, 0.4) is 0 Å². The fraction of sp³-hybridized carbons (Fsp3) is 0.200. The molecule has 5 N–H and O–H groups in total. The highest BCUT2D eigenvalue weighted by atomic mass is 127. The van der Waals surface area contributed by atoms with Gasteiger partial charge in [-0.3, -0.25) is 9.79 Å². The van der Waals surface area contributed by atoms with Gasteiger partial charge in [0.15, 0.2) is 5.96 Å². The average molecular weight is 495 g/mol. The lowest BCUT2D eigenvalue weighted by molar-refractivity contribution is 0.1000. The first-order chi connectivity index (χ1) is 13.1. The normalized spacial score (nSPS) is 11.1. The van der Waals surface area contributed by atoms with E-state index in [2.05, 4.69) is 20.6 Å². The standard InChI is InChI=1S/C20H22FN5O.HI/c1-23-20(26-11-13-3-2-4-14(9-13)19(22)27)24-8-7-15-12-25-18-10-16(21)5-6-17(15)18;/h2-6,9-10,12,25H,7-8,11H2,1H3,(H2,22,27)(H2,23,24,26);1H. The molecule has 0 aliphatic heterocycles. The third kappa shape index (κ3) is 5.44. The van der Waals surface area contributed by atoms with Crippen LogP contribution in [0.5, 0.6) is 0 Å². The monoisotopic (exact) mass is 495 g/mol. The molecule has 0 aliphatic rings. The number of halogens is 2. The van der Waals surface area contributed by atoms with E-state index in [1.807, 2.05) is 12.3 Å². The minimum absolute atomic E-state index is 0. The second kappa shape index (κ2) is 10.1. The number of nitrogens with one attached hydrogen (secondary N) is 3. The van der Waals surface area contributed by atoms with Crippen molar-refractivity contribution in [3.8, 4) is 0 Å². The molecule has 6 nitrogen and oxygen atoms in total. The molecule has 0 saturated carbocycles. The summed E-state index contributed by atoms with van der Waals surface area (Å²) in [5, 5.41) is 7.47. The van der Waals surface area contributed by atoms with Crippen molar-refractivity contribution in [2.45, 2.75) is 13.0 Å². The van der Waals surface area contributed by atoms with Gasteiger partial charge in [-0.2, -0.15) is 0 Å². The predicted molar refractivity (Wildman–Crippen MR) is 121 cm³/mol. The average Bonchev–Trinajstić information content (AvgIpc) is 3.06. The number of nitrogens with zero attached hydrogens (tertiary/aromatic N) is 1. The van der Waals surface area contributed by atoms with Crippen molar-refractivity contribution < 1.29 is 9.18 Å². The molecule has 0 bridgehead atoms. The molecule has 3 rings (SSSR count). The Bertz CT molecular complexity index is 986. The Kier molecular flexibility index (Phi) is 7.80. The fourth-order valence-corrected chi connectivity index (χ4v) is 2.92. The summed E-state index contributed by atoms with van der Waals surface area (Å²) in [6, 6.07) is 11.9. The molecule has 0 radical (unpaired) electrons. The lowest BCUT2D eigenvalue weighted by Gasteiger charge is -2.12. The Labute approximate surface area is 179 Å². The van der Waals surface area contributed by atoms with Gasteiger partial charge in [-0.25, -0.2) is 4.39 Å². The molecule has 0 atom stereocenters. The number of primary amides is 1. The van der Waals surface area contributed by atoms with Crippen LogP contribution >= 0.6 is 24.0 Å². The molecule has 148 valence electrons. The summed E-state index contributed by atoms with van der Waals surface area (Å²) in [5.74, 6) is -0.0395. The number of fused-ring (bicyclic) bond motifs is 1. The minimum Gasteiger partial charge on any atom is -0.366 e. The smallest absolute Gasteiger partial charge is 0.248 e. The first kappa shape index (κ1) is 21.7. The van der Waals surface area contributed by atoms with Gasteiger partial charge in [-0.05, 0) is 47.9 Å². The zero-order valence-electron chi connectivity index (χ0n) is 15.5. The van der Waals surface area contributed by atoms with Crippen LogP contribution in [0.2, 0.25) is 0 Å². The second-order valence-electron chi connectivity index (χ2n) is 6.17. The summed E-state index contributed by atoms with van der Waals surface area (Å²) in [4.78, 5) is 18.5. The number of amides is 1. The summed E-state index contributed by atoms with van der Waals surface area (Å²) >= 11 is 0. The maximum atomic E-state index is 13.3. The van der Waals surface area contributed by atoms with Crippen LogP contribution in [-0.2, 0) is 13.0 Å². The van der Waals surface area contributed by atoms with Crippen molar-refractivity contribution in [2.24, 2.45) is 10.7 Å². The number of H-pyrrole nitrogens is 1. The Morgan fingerprint density at radius 3 is 2.79 bits per heavy atom. The number of rotatable bonds is 6. The van der Waals surface area contributed by atoms with Crippen LogP contribution < -0.4 is 16.4 Å². The highest BCUT2D eigenvalue weighted by Crippen LogP contribution is 2.19. The van der Waals surface area contributed by atoms with Crippen LogP contribution in [0.1, 0.15) is 21.5 Å². The van der Waals surface area contributed by atoms with Crippen molar-refractivity contribution >= 4 is 46.7 Å². The molecule has 0 unspecified atom stereocenters. The van der Waals surface area contributed by atoms with Gasteiger partial charge in [0.1, 0.15) is 5.82 Å². The molecule has 8 heteroatoms. The van der Waals surface area contributed by atoms with Gasteiger partial charge in [-0.1, -0.05) is 12.1 Å². The second-order valence-corrected chi connectivity index (χ2v) is 6.17. The zero-order valence-corrected chi connectivity index (χ0v) is 17.8. The predicted octanol–water partition coefficient (Wildman–Crippen LogP) is 2.93. The maximum Gasteiger partial charge on any atom is 0.248 e. The lowest BCUT2D eigenvalue weighted by Crippen LogP contribution is -2.37. The first-order valence-corrected chi connectivity index (χ1v) is 8.65. The highest BCUT2D eigenvalue weighted by Gasteiger charge is 2.06. The molecule has 0 spiro atoms. The van der Waals surface area contributed by atoms with Crippen molar-refractivity contribution in [1.29, 1.82) is 0 Å². The largest absolute Gasteiger partial charge is 0.366 e. The fourth-order valence-electron chi connectivity index (χ4n) is 2.92. The zero-order chi connectivity index (χ0) is 19.2. The Morgan fingerprint density at radius 1 is 1.21 bits per heavy atom. The number of aromatic amines is 1. The topological polar surface area (TPSA) is 95.3 Å². The summed E-state index contributed by atoms with van der Waals surface area (Å²) in [6.45, 7) is 1.19. The molecule has 0 saturated heterocycles. The maximum absolute atomic E-state index is 13.3. The van der Waals surface area contributed by atoms with Gasteiger partial charge in [-0.15, -0.1) is 24.0 Å².